The van der Waals surface area contributed by atoms with E-state index in [0.717, 1.165) is 0 Å². The molecule has 1 aliphatic rings. The highest BCUT2D eigenvalue weighted by Gasteiger charge is 2.47. The maximum Gasteiger partial charge on any atom is 0.300 e. The van der Waals surface area contributed by atoms with E-state index in [-0.39, 0.29) is 21.9 Å². The number of aliphatic hydroxyl groups excluding tert-OH is 1. The van der Waals surface area contributed by atoms with Gasteiger partial charge in [0, 0.05) is 23.6 Å². The van der Waals surface area contributed by atoms with E-state index >= 15 is 0 Å². The molecule has 0 radical (unpaired) electrons. The van der Waals surface area contributed by atoms with Crippen molar-refractivity contribution < 1.29 is 24.2 Å². The first-order valence-electron chi connectivity index (χ1n) is 10.2. The molecule has 1 N–H and O–H groups in total. The van der Waals surface area contributed by atoms with Crippen LogP contribution in [0, 0.1) is 0 Å². The molecular formula is C25H21ClN2O5. The molecule has 2 heterocycles. The quantitative estimate of drug-likeness (QED) is 0.321. The molecule has 1 unspecified atom stereocenters. The number of ketones is 1. The fourth-order valence-electron chi connectivity index (χ4n) is 3.79. The highest BCUT2D eigenvalue weighted by Crippen LogP contribution is 2.43. The molecule has 33 heavy (non-hydrogen) atoms. The summed E-state index contributed by atoms with van der Waals surface area (Å²) >= 11 is 6.32. The summed E-state index contributed by atoms with van der Waals surface area (Å²) in [5, 5.41) is 11.4. The van der Waals surface area contributed by atoms with Crippen molar-refractivity contribution in [2.75, 3.05) is 18.6 Å². The molecule has 1 fully saturated rings. The van der Waals surface area contributed by atoms with Crippen LogP contribution in [-0.2, 0) is 9.59 Å². The summed E-state index contributed by atoms with van der Waals surface area (Å²) in [7, 11) is 1.48. The van der Waals surface area contributed by atoms with Gasteiger partial charge in [0.05, 0.1) is 30.4 Å². The third kappa shape index (κ3) is 4.15. The fraction of sp³-hybridized carbons (Fsp3) is 0.160. The lowest BCUT2D eigenvalue weighted by Crippen LogP contribution is -2.29. The van der Waals surface area contributed by atoms with Gasteiger partial charge < -0.3 is 14.6 Å². The minimum Gasteiger partial charge on any atom is -0.507 e. The molecule has 1 saturated heterocycles. The largest absolute Gasteiger partial charge is 0.507 e. The molecule has 4 rings (SSSR count). The normalized spacial score (nSPS) is 17.3. The van der Waals surface area contributed by atoms with Crippen LogP contribution in [0.4, 0.5) is 5.69 Å². The van der Waals surface area contributed by atoms with Crippen molar-refractivity contribution >= 4 is 34.7 Å². The zero-order valence-corrected chi connectivity index (χ0v) is 18.7. The molecule has 7 nitrogen and oxygen atoms in total. The van der Waals surface area contributed by atoms with Gasteiger partial charge in [0.2, 0.25) is 0 Å². The van der Waals surface area contributed by atoms with E-state index in [1.165, 1.54) is 18.1 Å². The van der Waals surface area contributed by atoms with Gasteiger partial charge in [0.15, 0.2) is 0 Å². The summed E-state index contributed by atoms with van der Waals surface area (Å²) in [6.07, 6.45) is 3.12. The van der Waals surface area contributed by atoms with Crippen molar-refractivity contribution in [1.82, 2.24) is 4.98 Å². The maximum atomic E-state index is 13.2. The van der Waals surface area contributed by atoms with E-state index in [9.17, 15) is 14.7 Å². The van der Waals surface area contributed by atoms with Crippen molar-refractivity contribution in [3.05, 3.63) is 88.7 Å². The number of aliphatic hydroxyl groups is 1. The number of methoxy groups -OCH3 is 1. The molecule has 0 saturated carbocycles. The number of aromatic nitrogens is 1. The summed E-state index contributed by atoms with van der Waals surface area (Å²) in [5.74, 6) is -0.875. The Hall–Kier alpha value is -3.84. The summed E-state index contributed by atoms with van der Waals surface area (Å²) in [6, 6.07) is 14.1. The first-order chi connectivity index (χ1) is 16.0. The minimum atomic E-state index is -0.881. The number of pyridine rings is 1. The summed E-state index contributed by atoms with van der Waals surface area (Å²) in [6.45, 7) is 2.38. The second-order valence-corrected chi connectivity index (χ2v) is 7.63. The van der Waals surface area contributed by atoms with E-state index in [2.05, 4.69) is 4.98 Å². The van der Waals surface area contributed by atoms with Gasteiger partial charge in [-0.05, 0) is 67.1 Å². The number of ether oxygens (including phenoxy) is 2. The van der Waals surface area contributed by atoms with Gasteiger partial charge in [-0.2, -0.15) is 0 Å². The zero-order valence-electron chi connectivity index (χ0n) is 18.0. The average molecular weight is 465 g/mol. The number of carbonyl (C=O) groups excluding carboxylic acids is 2. The monoisotopic (exact) mass is 464 g/mol. The van der Waals surface area contributed by atoms with Crippen LogP contribution >= 0.6 is 11.6 Å². The highest BCUT2D eigenvalue weighted by atomic mass is 35.5. The van der Waals surface area contributed by atoms with E-state index in [4.69, 9.17) is 21.1 Å². The maximum absolute atomic E-state index is 13.2. The number of Topliss-reactive ketones (excluding diaryl/α,β-unsaturated/α-hetero) is 1. The number of hydrogen-bond acceptors (Lipinski definition) is 6. The Balaban J connectivity index is 1.91. The van der Waals surface area contributed by atoms with Crippen LogP contribution in [0.3, 0.4) is 0 Å². The van der Waals surface area contributed by atoms with Crippen LogP contribution in [0.5, 0.6) is 11.5 Å². The molecule has 2 aromatic carbocycles. The van der Waals surface area contributed by atoms with Crippen LogP contribution < -0.4 is 14.4 Å². The zero-order chi connectivity index (χ0) is 23.5. The van der Waals surface area contributed by atoms with Gasteiger partial charge in [-0.25, -0.2) is 0 Å². The number of amides is 1. The number of anilines is 1. The number of nitrogens with zero attached hydrogens (tertiary/aromatic N) is 2. The molecule has 8 heteroatoms. The van der Waals surface area contributed by atoms with Crippen molar-refractivity contribution in [2.45, 2.75) is 13.0 Å². The molecule has 1 amide bonds. The van der Waals surface area contributed by atoms with Crippen molar-refractivity contribution in [2.24, 2.45) is 0 Å². The van der Waals surface area contributed by atoms with Crippen LogP contribution in [0.1, 0.15) is 24.1 Å². The van der Waals surface area contributed by atoms with Crippen molar-refractivity contribution in [3.8, 4) is 11.5 Å². The molecule has 0 aliphatic carbocycles. The highest BCUT2D eigenvalue weighted by molar-refractivity contribution is 6.52. The van der Waals surface area contributed by atoms with E-state index in [0.29, 0.717) is 29.4 Å². The van der Waals surface area contributed by atoms with Gasteiger partial charge in [-0.15, -0.1) is 0 Å². The van der Waals surface area contributed by atoms with Crippen LogP contribution in [0.25, 0.3) is 5.76 Å². The number of benzene rings is 2. The Morgan fingerprint density at radius 3 is 2.36 bits per heavy atom. The first kappa shape index (κ1) is 22.4. The molecule has 1 aliphatic heterocycles. The van der Waals surface area contributed by atoms with Gasteiger partial charge in [0.25, 0.3) is 11.7 Å². The van der Waals surface area contributed by atoms with E-state index < -0.39 is 17.7 Å². The second-order valence-electron chi connectivity index (χ2n) is 7.22. The predicted octanol–water partition coefficient (Wildman–Crippen LogP) is 4.77. The van der Waals surface area contributed by atoms with Gasteiger partial charge in [-0.3, -0.25) is 19.5 Å². The Morgan fingerprint density at radius 1 is 1.06 bits per heavy atom. The number of carbonyl (C=O) groups is 2. The lowest BCUT2D eigenvalue weighted by atomic mass is 9.95. The SMILES string of the molecule is CCOc1ccc(N2C(=O)C(=O)/C(=C(/O)c3cc(OC)ccc3Cl)C2c2ccncc2)cc1. The van der Waals surface area contributed by atoms with Gasteiger partial charge in [-0.1, -0.05) is 11.6 Å². The number of halogens is 1. The molecule has 3 aromatic rings. The lowest BCUT2D eigenvalue weighted by molar-refractivity contribution is -0.132. The van der Waals surface area contributed by atoms with Crippen LogP contribution in [-0.4, -0.2) is 35.5 Å². The van der Waals surface area contributed by atoms with Crippen molar-refractivity contribution in [1.29, 1.82) is 0 Å². The topological polar surface area (TPSA) is 89.0 Å². The summed E-state index contributed by atoms with van der Waals surface area (Å²) in [4.78, 5) is 31.8. The number of hydrogen-bond donors (Lipinski definition) is 1. The van der Waals surface area contributed by atoms with E-state index in [1.54, 1.807) is 60.9 Å². The van der Waals surface area contributed by atoms with Gasteiger partial charge >= 0.3 is 0 Å². The predicted molar refractivity (Wildman–Crippen MR) is 125 cm³/mol. The van der Waals surface area contributed by atoms with E-state index in [1.807, 2.05) is 6.92 Å². The standard InChI is InChI=1S/C25H21ClN2O5/c1-3-33-17-6-4-16(5-7-17)28-22(15-10-12-27-13-11-15)21(24(30)25(28)31)23(29)19-14-18(32-2)8-9-20(19)26/h4-14,22,29H,3H2,1-2H3/b23-21+. The minimum absolute atomic E-state index is 0.0739. The molecule has 0 bridgehead atoms. The molecule has 1 aromatic heterocycles. The molecular weight excluding hydrogens is 444 g/mol. The fourth-order valence-corrected chi connectivity index (χ4v) is 3.99. The number of rotatable bonds is 6. The molecule has 0 spiro atoms. The Morgan fingerprint density at radius 2 is 1.73 bits per heavy atom. The molecule has 168 valence electrons. The summed E-state index contributed by atoms with van der Waals surface area (Å²) in [5.41, 5.74) is 1.21. The van der Waals surface area contributed by atoms with Gasteiger partial charge in [0.1, 0.15) is 17.3 Å². The van der Waals surface area contributed by atoms with Crippen LogP contribution in [0.2, 0.25) is 5.02 Å². The Kier molecular flexibility index (Phi) is 6.33. The first-order valence-corrected chi connectivity index (χ1v) is 10.6. The third-order valence-electron chi connectivity index (χ3n) is 5.32. The average Bonchev–Trinajstić information content (AvgIpc) is 3.11. The lowest BCUT2D eigenvalue weighted by Gasteiger charge is -2.25. The third-order valence-corrected chi connectivity index (χ3v) is 5.65. The Labute approximate surface area is 195 Å². The summed E-state index contributed by atoms with van der Waals surface area (Å²) < 4.78 is 10.7. The van der Waals surface area contributed by atoms with Crippen molar-refractivity contribution in [3.63, 3.8) is 0 Å². The second kappa shape index (κ2) is 9.34. The smallest absolute Gasteiger partial charge is 0.300 e. The molecule has 1 atom stereocenters. The van der Waals surface area contributed by atoms with Crippen LogP contribution in [0.15, 0.2) is 72.6 Å². The Bertz CT molecular complexity index is 1230.